The molecule has 0 radical (unpaired) electrons. The van der Waals surface area contributed by atoms with Gasteiger partial charge in [0.25, 0.3) is 0 Å². The van der Waals surface area contributed by atoms with Gasteiger partial charge in [-0.1, -0.05) is 24.3 Å². The smallest absolute Gasteiger partial charge is 0.319 e. The largest absolute Gasteiger partial charge is 0.368 e. The van der Waals surface area contributed by atoms with Crippen molar-refractivity contribution >= 4 is 28.4 Å². The molecule has 1 aliphatic heterocycles. The number of carbonyl (C=O) groups excluding carboxylic acids is 1. The van der Waals surface area contributed by atoms with Gasteiger partial charge in [0, 0.05) is 30.7 Å². The third kappa shape index (κ3) is 5.03. The molecule has 0 saturated heterocycles. The van der Waals surface area contributed by atoms with Crippen LogP contribution in [0.15, 0.2) is 54.6 Å². The van der Waals surface area contributed by atoms with E-state index in [2.05, 4.69) is 45.0 Å². The van der Waals surface area contributed by atoms with E-state index < -0.39 is 0 Å². The molecular weight excluding hydrogens is 362 g/mol. The van der Waals surface area contributed by atoms with Crippen molar-refractivity contribution in [1.82, 2.24) is 15.2 Å². The summed E-state index contributed by atoms with van der Waals surface area (Å²) in [5, 5.41) is 10.2. The highest BCUT2D eigenvalue weighted by atomic mass is 16.2. The highest BCUT2D eigenvalue weighted by molar-refractivity contribution is 5.89. The second-order valence-electron chi connectivity index (χ2n) is 7.52. The summed E-state index contributed by atoms with van der Waals surface area (Å²) in [5.41, 5.74) is 4.47. The molecule has 150 valence electrons. The molecule has 0 unspecified atom stereocenters. The summed E-state index contributed by atoms with van der Waals surface area (Å²) in [6.07, 6.45) is 2.27. The third-order valence-electron chi connectivity index (χ3n) is 5.21. The highest BCUT2D eigenvalue weighted by Crippen LogP contribution is 2.21. The Kier molecular flexibility index (Phi) is 5.91. The molecule has 0 atom stereocenters. The Morgan fingerprint density at radius 1 is 1.07 bits per heavy atom. The number of carbonyl (C=O) groups is 1. The van der Waals surface area contributed by atoms with E-state index >= 15 is 0 Å². The molecular formula is C23H27N5O. The molecule has 0 spiro atoms. The van der Waals surface area contributed by atoms with Crippen molar-refractivity contribution in [3.05, 3.63) is 65.7 Å². The minimum Gasteiger partial charge on any atom is -0.368 e. The molecule has 1 aliphatic rings. The lowest BCUT2D eigenvalue weighted by molar-refractivity contribution is 0.252. The van der Waals surface area contributed by atoms with Gasteiger partial charge in [0.1, 0.15) is 5.82 Å². The Bertz CT molecular complexity index is 1000. The molecule has 3 N–H and O–H groups in total. The van der Waals surface area contributed by atoms with Crippen molar-refractivity contribution in [1.29, 1.82) is 0 Å². The molecule has 6 heteroatoms. The van der Waals surface area contributed by atoms with Crippen LogP contribution in [0.25, 0.3) is 10.9 Å². The van der Waals surface area contributed by atoms with Gasteiger partial charge in [-0.2, -0.15) is 0 Å². The first-order chi connectivity index (χ1) is 14.2. The summed E-state index contributed by atoms with van der Waals surface area (Å²) in [5.74, 6) is 0.806. The van der Waals surface area contributed by atoms with E-state index in [-0.39, 0.29) is 6.03 Å². The van der Waals surface area contributed by atoms with Crippen molar-refractivity contribution in [2.24, 2.45) is 0 Å². The zero-order chi connectivity index (χ0) is 20.1. The predicted molar refractivity (Wildman–Crippen MR) is 118 cm³/mol. The average Bonchev–Trinajstić information content (AvgIpc) is 2.91. The SMILES string of the molecule is CN1CCCc2ccc(NC(=O)NCCNc3ccc4ccccc4n3)cc2C1. The monoisotopic (exact) mass is 389 g/mol. The number of para-hydroxylation sites is 1. The minimum absolute atomic E-state index is 0.194. The first kappa shape index (κ1) is 19.2. The van der Waals surface area contributed by atoms with Crippen LogP contribution in [-0.4, -0.2) is 42.6 Å². The first-order valence-electron chi connectivity index (χ1n) is 10.1. The van der Waals surface area contributed by atoms with Gasteiger partial charge in [0.15, 0.2) is 0 Å². The normalized spacial score (nSPS) is 14.1. The molecule has 0 bridgehead atoms. The summed E-state index contributed by atoms with van der Waals surface area (Å²) < 4.78 is 0. The number of anilines is 2. The van der Waals surface area contributed by atoms with Crippen molar-refractivity contribution in [3.63, 3.8) is 0 Å². The van der Waals surface area contributed by atoms with Crippen LogP contribution >= 0.6 is 0 Å². The van der Waals surface area contributed by atoms with Crippen molar-refractivity contribution < 1.29 is 4.79 Å². The average molecular weight is 390 g/mol. The van der Waals surface area contributed by atoms with Gasteiger partial charge < -0.3 is 20.9 Å². The topological polar surface area (TPSA) is 69.3 Å². The number of amides is 2. The summed E-state index contributed by atoms with van der Waals surface area (Å²) >= 11 is 0. The number of nitrogens with zero attached hydrogens (tertiary/aromatic N) is 2. The van der Waals surface area contributed by atoms with E-state index in [0.717, 1.165) is 41.9 Å². The summed E-state index contributed by atoms with van der Waals surface area (Å²) in [6, 6.07) is 18.0. The van der Waals surface area contributed by atoms with Crippen molar-refractivity contribution in [3.8, 4) is 0 Å². The number of benzene rings is 2. The Hall–Kier alpha value is -3.12. The molecule has 29 heavy (non-hydrogen) atoms. The lowest BCUT2D eigenvalue weighted by Gasteiger charge is -2.15. The molecule has 6 nitrogen and oxygen atoms in total. The molecule has 4 rings (SSSR count). The molecule has 0 fully saturated rings. The quantitative estimate of drug-likeness (QED) is 0.580. The lowest BCUT2D eigenvalue weighted by Crippen LogP contribution is -2.32. The van der Waals surface area contributed by atoms with E-state index in [4.69, 9.17) is 0 Å². The Morgan fingerprint density at radius 2 is 1.97 bits per heavy atom. The maximum atomic E-state index is 12.2. The number of rotatable bonds is 5. The van der Waals surface area contributed by atoms with Crippen LogP contribution in [0.1, 0.15) is 17.5 Å². The fraction of sp³-hybridized carbons (Fsp3) is 0.304. The fourth-order valence-corrected chi connectivity index (χ4v) is 3.71. The fourth-order valence-electron chi connectivity index (χ4n) is 3.71. The second-order valence-corrected chi connectivity index (χ2v) is 7.52. The standard InChI is InChI=1S/C23H27N5O/c1-28-14-4-6-17-8-10-20(15-19(17)16-28)26-23(29)25-13-12-24-22-11-9-18-5-2-3-7-21(18)27-22/h2-3,5,7-11,15H,4,6,12-14,16H2,1H3,(H,24,27)(H2,25,26,29). The molecule has 2 aromatic carbocycles. The Labute approximate surface area is 171 Å². The molecule has 2 amide bonds. The van der Waals surface area contributed by atoms with E-state index in [1.54, 1.807) is 0 Å². The first-order valence-corrected chi connectivity index (χ1v) is 10.1. The van der Waals surface area contributed by atoms with Crippen LogP contribution in [0.2, 0.25) is 0 Å². The molecule has 1 aromatic heterocycles. The number of aromatic nitrogens is 1. The van der Waals surface area contributed by atoms with Gasteiger partial charge in [0.05, 0.1) is 5.52 Å². The van der Waals surface area contributed by atoms with Gasteiger partial charge >= 0.3 is 6.03 Å². The second kappa shape index (κ2) is 8.92. The van der Waals surface area contributed by atoms with Crippen LogP contribution in [0.3, 0.4) is 0 Å². The highest BCUT2D eigenvalue weighted by Gasteiger charge is 2.12. The van der Waals surface area contributed by atoms with Gasteiger partial charge in [0.2, 0.25) is 0 Å². The number of hydrogen-bond donors (Lipinski definition) is 3. The molecule has 2 heterocycles. The van der Waals surface area contributed by atoms with E-state index in [9.17, 15) is 4.79 Å². The summed E-state index contributed by atoms with van der Waals surface area (Å²) in [6.45, 7) is 3.15. The molecule has 0 aliphatic carbocycles. The van der Waals surface area contributed by atoms with Crippen molar-refractivity contribution in [2.45, 2.75) is 19.4 Å². The van der Waals surface area contributed by atoms with Gasteiger partial charge in [-0.05, 0) is 67.9 Å². The molecule has 3 aromatic rings. The maximum absolute atomic E-state index is 12.2. The van der Waals surface area contributed by atoms with Gasteiger partial charge in [-0.3, -0.25) is 0 Å². The zero-order valence-corrected chi connectivity index (χ0v) is 16.7. The van der Waals surface area contributed by atoms with E-state index in [1.165, 1.54) is 17.5 Å². The van der Waals surface area contributed by atoms with Gasteiger partial charge in [-0.15, -0.1) is 0 Å². The van der Waals surface area contributed by atoms with E-state index in [0.29, 0.717) is 13.1 Å². The summed E-state index contributed by atoms with van der Waals surface area (Å²) in [7, 11) is 2.14. The Balaban J connectivity index is 1.25. The number of nitrogens with one attached hydrogen (secondary N) is 3. The van der Waals surface area contributed by atoms with Crippen LogP contribution in [0.5, 0.6) is 0 Å². The van der Waals surface area contributed by atoms with Crippen LogP contribution in [0, 0.1) is 0 Å². The van der Waals surface area contributed by atoms with Crippen LogP contribution in [-0.2, 0) is 13.0 Å². The number of urea groups is 1. The van der Waals surface area contributed by atoms with Crippen LogP contribution in [0.4, 0.5) is 16.3 Å². The number of fused-ring (bicyclic) bond motifs is 2. The zero-order valence-electron chi connectivity index (χ0n) is 16.7. The van der Waals surface area contributed by atoms with Crippen molar-refractivity contribution in [2.75, 3.05) is 37.3 Å². The minimum atomic E-state index is -0.194. The number of pyridine rings is 1. The molecule has 0 saturated carbocycles. The predicted octanol–water partition coefficient (Wildman–Crippen LogP) is 3.85. The third-order valence-corrected chi connectivity index (χ3v) is 5.21. The Morgan fingerprint density at radius 3 is 2.90 bits per heavy atom. The lowest BCUT2D eigenvalue weighted by atomic mass is 10.0. The van der Waals surface area contributed by atoms with Gasteiger partial charge in [-0.25, -0.2) is 9.78 Å². The van der Waals surface area contributed by atoms with E-state index in [1.807, 2.05) is 42.5 Å². The number of hydrogen-bond acceptors (Lipinski definition) is 4. The summed E-state index contributed by atoms with van der Waals surface area (Å²) in [4.78, 5) is 19.1. The maximum Gasteiger partial charge on any atom is 0.319 e. The number of aryl methyl sites for hydroxylation is 1. The van der Waals surface area contributed by atoms with Crippen LogP contribution < -0.4 is 16.0 Å².